The van der Waals surface area contributed by atoms with Crippen LogP contribution in [0.25, 0.3) is 0 Å². The summed E-state index contributed by atoms with van der Waals surface area (Å²) in [7, 11) is 0. The minimum absolute atomic E-state index is 0.343. The Morgan fingerprint density at radius 2 is 2.14 bits per heavy atom. The number of nitrogens with zero attached hydrogens (tertiary/aromatic N) is 1. The van der Waals surface area contributed by atoms with Crippen LogP contribution in [-0.4, -0.2) is 29.7 Å². The molecule has 0 unspecified atom stereocenters. The number of hydrogen-bond acceptors (Lipinski definition) is 2. The zero-order chi connectivity index (χ0) is 15.2. The van der Waals surface area contributed by atoms with Gasteiger partial charge in [0.05, 0.1) is 0 Å². The van der Waals surface area contributed by atoms with E-state index in [1.54, 1.807) is 12.1 Å². The monoisotopic (exact) mass is 286 g/mol. The number of carboxylic acid groups (broad SMARTS) is 1. The second-order valence-corrected chi connectivity index (χ2v) is 4.95. The predicted molar refractivity (Wildman–Crippen MR) is 80.1 cm³/mol. The molecule has 0 spiro atoms. The lowest BCUT2D eigenvalue weighted by Crippen LogP contribution is -2.48. The van der Waals surface area contributed by atoms with E-state index in [4.69, 9.17) is 6.42 Å². The highest BCUT2D eigenvalue weighted by molar-refractivity contribution is 6.01. The summed E-state index contributed by atoms with van der Waals surface area (Å²) < 4.78 is 0. The number of aliphatic carboxylic acids is 1. The number of unbranched alkanes of at least 4 members (excludes halogenated alkanes) is 2. The number of benzene rings is 1. The van der Waals surface area contributed by atoms with Crippen molar-refractivity contribution in [1.29, 1.82) is 0 Å². The highest BCUT2D eigenvalue weighted by Gasteiger charge is 2.38. The summed E-state index contributed by atoms with van der Waals surface area (Å²) in [6, 6.07) is 6.07. The maximum Gasteiger partial charge on any atom is 0.327 e. The van der Waals surface area contributed by atoms with Crippen molar-refractivity contribution >= 4 is 17.7 Å². The number of carboxylic acids is 1. The van der Waals surface area contributed by atoms with Crippen LogP contribution in [0.5, 0.6) is 0 Å². The average molecular weight is 286 g/mol. The summed E-state index contributed by atoms with van der Waals surface area (Å²) in [6.07, 6.45) is 7.81. The van der Waals surface area contributed by atoms with E-state index in [9.17, 15) is 14.7 Å². The Kier molecular flexibility index (Phi) is 4.83. The zero-order valence-corrected chi connectivity index (χ0v) is 11.7. The molecule has 110 valence electrons. The fourth-order valence-corrected chi connectivity index (χ4v) is 2.47. The maximum atomic E-state index is 12.3. The Morgan fingerprint density at radius 3 is 2.86 bits per heavy atom. The average Bonchev–Trinajstić information content (AvgIpc) is 2.86. The van der Waals surface area contributed by atoms with Crippen LogP contribution in [0.1, 0.15) is 24.8 Å². The van der Waals surface area contributed by atoms with Crippen molar-refractivity contribution in [3.05, 3.63) is 29.8 Å². The van der Waals surface area contributed by atoms with E-state index >= 15 is 0 Å². The molecule has 1 atom stereocenters. The Labute approximate surface area is 124 Å². The topological polar surface area (TPSA) is 69.6 Å². The van der Waals surface area contributed by atoms with Gasteiger partial charge in [0.25, 0.3) is 0 Å². The second kappa shape index (κ2) is 6.80. The van der Waals surface area contributed by atoms with Gasteiger partial charge in [0.1, 0.15) is 6.04 Å². The quantitative estimate of drug-likeness (QED) is 0.642. The normalized spacial score (nSPS) is 16.1. The molecule has 2 rings (SSSR count). The van der Waals surface area contributed by atoms with Crippen molar-refractivity contribution in [2.45, 2.75) is 31.7 Å². The molecule has 21 heavy (non-hydrogen) atoms. The van der Waals surface area contributed by atoms with Crippen molar-refractivity contribution < 1.29 is 14.7 Å². The Hall–Kier alpha value is -2.48. The molecule has 0 aromatic heterocycles. The first-order valence-corrected chi connectivity index (χ1v) is 6.96. The van der Waals surface area contributed by atoms with E-state index < -0.39 is 12.0 Å². The van der Waals surface area contributed by atoms with Crippen molar-refractivity contribution in [2.75, 3.05) is 11.4 Å². The number of carbonyl (C=O) groups excluding carboxylic acids is 1. The van der Waals surface area contributed by atoms with Gasteiger partial charge in [-0.1, -0.05) is 18.2 Å². The summed E-state index contributed by atoms with van der Waals surface area (Å²) in [6.45, 7) is 0.492. The molecule has 0 bridgehead atoms. The summed E-state index contributed by atoms with van der Waals surface area (Å²) in [5.74, 6) is 1.55. The van der Waals surface area contributed by atoms with Gasteiger partial charge >= 0.3 is 12.0 Å². The molecule has 1 aromatic rings. The summed E-state index contributed by atoms with van der Waals surface area (Å²) >= 11 is 0. The van der Waals surface area contributed by atoms with Crippen LogP contribution in [0.3, 0.4) is 0 Å². The highest BCUT2D eigenvalue weighted by Crippen LogP contribution is 2.32. The van der Waals surface area contributed by atoms with Crippen LogP contribution < -0.4 is 10.2 Å². The van der Waals surface area contributed by atoms with E-state index in [2.05, 4.69) is 11.2 Å². The summed E-state index contributed by atoms with van der Waals surface area (Å²) in [5.41, 5.74) is 1.55. The lowest BCUT2D eigenvalue weighted by Gasteiger charge is -2.23. The number of anilines is 1. The zero-order valence-electron chi connectivity index (χ0n) is 11.7. The van der Waals surface area contributed by atoms with E-state index in [1.165, 1.54) is 4.90 Å². The van der Waals surface area contributed by atoms with Crippen LogP contribution in [-0.2, 0) is 11.2 Å². The minimum Gasteiger partial charge on any atom is -0.480 e. The molecule has 0 saturated heterocycles. The number of fused-ring (bicyclic) bond motifs is 1. The van der Waals surface area contributed by atoms with Gasteiger partial charge in [-0.25, -0.2) is 9.59 Å². The van der Waals surface area contributed by atoms with Gasteiger partial charge in [-0.05, 0) is 24.5 Å². The fourth-order valence-electron chi connectivity index (χ4n) is 2.47. The standard InChI is InChI=1S/C16H18N2O3/c1-2-3-4-7-10-17-16(21)18-13-9-6-5-8-12(13)11-14(18)15(19)20/h1,5-6,8-9,14H,3-4,7,10-11H2,(H,17,21)(H,19,20)/t14-/m0/s1. The number of amides is 2. The third-order valence-corrected chi connectivity index (χ3v) is 3.50. The van der Waals surface area contributed by atoms with E-state index in [0.717, 1.165) is 18.4 Å². The molecule has 5 heteroatoms. The van der Waals surface area contributed by atoms with Gasteiger partial charge in [0, 0.05) is 25.1 Å². The Bertz CT molecular complexity index is 577. The van der Waals surface area contributed by atoms with Gasteiger partial charge in [-0.3, -0.25) is 4.90 Å². The molecular weight excluding hydrogens is 268 g/mol. The van der Waals surface area contributed by atoms with Crippen LogP contribution in [0.4, 0.5) is 10.5 Å². The molecule has 1 aliphatic heterocycles. The first kappa shape index (κ1) is 14.9. The largest absolute Gasteiger partial charge is 0.480 e. The number of urea groups is 1. The summed E-state index contributed by atoms with van der Waals surface area (Å²) in [4.78, 5) is 25.0. The van der Waals surface area contributed by atoms with E-state index in [-0.39, 0.29) is 6.03 Å². The smallest absolute Gasteiger partial charge is 0.327 e. The molecule has 5 nitrogen and oxygen atoms in total. The lowest BCUT2D eigenvalue weighted by atomic mass is 10.1. The van der Waals surface area contributed by atoms with Gasteiger partial charge in [-0.15, -0.1) is 12.3 Å². The van der Waals surface area contributed by atoms with Crippen molar-refractivity contribution in [1.82, 2.24) is 5.32 Å². The van der Waals surface area contributed by atoms with Crippen LogP contribution in [0, 0.1) is 12.3 Å². The molecule has 1 aliphatic rings. The van der Waals surface area contributed by atoms with Crippen molar-refractivity contribution in [3.8, 4) is 12.3 Å². The third kappa shape index (κ3) is 3.34. The first-order chi connectivity index (χ1) is 10.1. The highest BCUT2D eigenvalue weighted by atomic mass is 16.4. The molecule has 2 N–H and O–H groups in total. The molecule has 0 radical (unpaired) electrons. The Morgan fingerprint density at radius 1 is 1.38 bits per heavy atom. The van der Waals surface area contributed by atoms with Crippen molar-refractivity contribution in [2.24, 2.45) is 0 Å². The molecule has 1 aromatic carbocycles. The molecule has 0 fully saturated rings. The summed E-state index contributed by atoms with van der Waals surface area (Å²) in [5, 5.41) is 12.1. The first-order valence-electron chi connectivity index (χ1n) is 6.96. The number of nitrogens with one attached hydrogen (secondary N) is 1. The fraction of sp³-hybridized carbons (Fsp3) is 0.375. The number of para-hydroxylation sites is 1. The van der Waals surface area contributed by atoms with Crippen LogP contribution in [0.15, 0.2) is 24.3 Å². The van der Waals surface area contributed by atoms with Gasteiger partial charge in [0.2, 0.25) is 0 Å². The van der Waals surface area contributed by atoms with Gasteiger partial charge in [0.15, 0.2) is 0 Å². The van der Waals surface area contributed by atoms with Crippen LogP contribution >= 0.6 is 0 Å². The molecule has 1 heterocycles. The lowest BCUT2D eigenvalue weighted by molar-refractivity contribution is -0.138. The van der Waals surface area contributed by atoms with Gasteiger partial charge < -0.3 is 10.4 Å². The maximum absolute atomic E-state index is 12.3. The van der Waals surface area contributed by atoms with Crippen LogP contribution in [0.2, 0.25) is 0 Å². The number of terminal acetylenes is 1. The number of hydrogen-bond donors (Lipinski definition) is 2. The second-order valence-electron chi connectivity index (χ2n) is 4.95. The molecular formula is C16H18N2O3. The molecule has 2 amide bonds. The predicted octanol–water partition coefficient (Wildman–Crippen LogP) is 2.02. The van der Waals surface area contributed by atoms with E-state index in [1.807, 2.05) is 12.1 Å². The number of rotatable bonds is 5. The number of carbonyl (C=O) groups is 2. The SMILES string of the molecule is C#CCCCCNC(=O)N1c2ccccc2C[C@H]1C(=O)O. The van der Waals surface area contributed by atoms with Crippen molar-refractivity contribution in [3.63, 3.8) is 0 Å². The third-order valence-electron chi connectivity index (χ3n) is 3.50. The van der Waals surface area contributed by atoms with E-state index in [0.29, 0.717) is 25.1 Å². The molecule has 0 aliphatic carbocycles. The minimum atomic E-state index is -0.992. The Balaban J connectivity index is 2.03. The molecule has 0 saturated carbocycles. The van der Waals surface area contributed by atoms with Gasteiger partial charge in [-0.2, -0.15) is 0 Å².